The first-order valence-electron chi connectivity index (χ1n) is 9.39. The second-order valence-electron chi connectivity index (χ2n) is 6.68. The molecule has 1 fully saturated rings. The maximum absolute atomic E-state index is 13.3. The molecule has 0 atom stereocenters. The van der Waals surface area contributed by atoms with E-state index in [0.717, 1.165) is 9.80 Å². The number of imide groups is 2. The zero-order chi connectivity index (χ0) is 22.0. The van der Waals surface area contributed by atoms with Gasteiger partial charge in [0.2, 0.25) is 0 Å². The topological polar surface area (TPSA) is 66.9 Å². The second kappa shape index (κ2) is 8.45. The van der Waals surface area contributed by atoms with Crippen LogP contribution in [-0.4, -0.2) is 25.0 Å². The molecule has 0 bridgehead atoms. The van der Waals surface area contributed by atoms with Gasteiger partial charge < -0.3 is 4.74 Å². The highest BCUT2D eigenvalue weighted by molar-refractivity contribution is 6.46. The molecular weight excluding hydrogens is 416 g/mol. The molecule has 154 valence electrons. The Morgan fingerprint density at radius 3 is 1.77 bits per heavy atom. The molecule has 6 nitrogen and oxygen atoms in total. The molecule has 0 aliphatic carbocycles. The molecule has 3 aromatic carbocycles. The normalized spacial score (nSPS) is 14.1. The Balaban J connectivity index is 1.90. The number of nitrogens with zero attached hydrogens (tertiary/aromatic N) is 2. The molecule has 7 heteroatoms. The number of carbonyl (C=O) groups is 3. The van der Waals surface area contributed by atoms with Crippen LogP contribution in [0.3, 0.4) is 0 Å². The van der Waals surface area contributed by atoms with E-state index >= 15 is 0 Å². The number of carbonyl (C=O) groups excluding carboxylic acids is 3. The van der Waals surface area contributed by atoms with Crippen molar-refractivity contribution in [1.29, 1.82) is 0 Å². The van der Waals surface area contributed by atoms with Crippen molar-refractivity contribution in [2.75, 3.05) is 16.9 Å². The lowest BCUT2D eigenvalue weighted by Crippen LogP contribution is -2.57. The third-order valence-corrected chi connectivity index (χ3v) is 5.01. The number of ether oxygens (including phenoxy) is 1. The average Bonchev–Trinajstić information content (AvgIpc) is 2.78. The molecule has 31 heavy (non-hydrogen) atoms. The van der Waals surface area contributed by atoms with Gasteiger partial charge in [0, 0.05) is 10.6 Å². The molecule has 0 N–H and O–H groups in total. The number of anilines is 2. The maximum atomic E-state index is 13.3. The lowest BCUT2D eigenvalue weighted by atomic mass is 10.0. The number of hydrogen-bond acceptors (Lipinski definition) is 4. The smallest absolute Gasteiger partial charge is 0.343 e. The monoisotopic (exact) mass is 432 g/mol. The number of amides is 4. The fraction of sp³-hybridized carbons (Fsp3) is 0.0417. The van der Waals surface area contributed by atoms with Crippen molar-refractivity contribution in [3.8, 4) is 5.75 Å². The number of benzene rings is 3. The Kier molecular flexibility index (Phi) is 5.56. The first kappa shape index (κ1) is 20.4. The van der Waals surface area contributed by atoms with Gasteiger partial charge in [-0.15, -0.1) is 0 Å². The Labute approximate surface area is 183 Å². The van der Waals surface area contributed by atoms with Gasteiger partial charge in [-0.25, -0.2) is 14.6 Å². The van der Waals surface area contributed by atoms with Gasteiger partial charge >= 0.3 is 6.03 Å². The van der Waals surface area contributed by atoms with Crippen molar-refractivity contribution in [3.05, 3.63) is 95.0 Å². The third kappa shape index (κ3) is 3.81. The van der Waals surface area contributed by atoms with Crippen LogP contribution in [0.15, 0.2) is 84.4 Å². The van der Waals surface area contributed by atoms with E-state index in [1.807, 2.05) is 0 Å². The Bertz CT molecular complexity index is 1130. The summed E-state index contributed by atoms with van der Waals surface area (Å²) in [6.45, 7) is 0. The summed E-state index contributed by atoms with van der Waals surface area (Å²) in [5.41, 5.74) is 0.972. The minimum Gasteiger partial charge on any atom is -0.496 e. The minimum atomic E-state index is -0.748. The van der Waals surface area contributed by atoms with Crippen molar-refractivity contribution >= 4 is 46.9 Å². The van der Waals surface area contributed by atoms with Crippen LogP contribution in [0.25, 0.3) is 6.08 Å². The summed E-state index contributed by atoms with van der Waals surface area (Å²) in [6, 6.07) is 21.0. The van der Waals surface area contributed by atoms with E-state index < -0.39 is 17.8 Å². The molecule has 1 heterocycles. The summed E-state index contributed by atoms with van der Waals surface area (Å²) in [6.07, 6.45) is 1.40. The molecule has 1 aliphatic rings. The fourth-order valence-corrected chi connectivity index (χ4v) is 3.49. The van der Waals surface area contributed by atoms with Crippen LogP contribution >= 0.6 is 11.6 Å². The van der Waals surface area contributed by atoms with Gasteiger partial charge in [0.1, 0.15) is 11.3 Å². The number of hydrogen-bond donors (Lipinski definition) is 0. The average molecular weight is 433 g/mol. The number of barbiturate groups is 1. The number of urea groups is 1. The number of para-hydroxylation sites is 2. The lowest BCUT2D eigenvalue weighted by molar-refractivity contribution is -0.121. The summed E-state index contributed by atoms with van der Waals surface area (Å²) < 4.78 is 5.34. The van der Waals surface area contributed by atoms with Crippen LogP contribution in [0, 0.1) is 0 Å². The molecule has 0 radical (unpaired) electrons. The molecule has 4 amide bonds. The summed E-state index contributed by atoms with van der Waals surface area (Å²) in [4.78, 5) is 41.9. The molecule has 1 saturated heterocycles. The van der Waals surface area contributed by atoms with Gasteiger partial charge in [-0.2, -0.15) is 0 Å². The third-order valence-electron chi connectivity index (χ3n) is 4.77. The van der Waals surface area contributed by atoms with Crippen LogP contribution in [0.5, 0.6) is 5.75 Å². The van der Waals surface area contributed by atoms with Crippen LogP contribution in [0.2, 0.25) is 5.02 Å². The number of halogens is 1. The van der Waals surface area contributed by atoms with Crippen LogP contribution in [-0.2, 0) is 9.59 Å². The van der Waals surface area contributed by atoms with E-state index in [1.165, 1.54) is 13.2 Å². The van der Waals surface area contributed by atoms with Gasteiger partial charge in [-0.05, 0) is 48.5 Å². The van der Waals surface area contributed by atoms with E-state index in [-0.39, 0.29) is 5.57 Å². The largest absolute Gasteiger partial charge is 0.496 e. The van der Waals surface area contributed by atoms with Crippen molar-refractivity contribution in [3.63, 3.8) is 0 Å². The van der Waals surface area contributed by atoms with Crippen molar-refractivity contribution < 1.29 is 19.1 Å². The molecule has 0 spiro atoms. The minimum absolute atomic E-state index is 0.187. The van der Waals surface area contributed by atoms with Crippen LogP contribution < -0.4 is 14.5 Å². The standard InChI is InChI=1S/C24H17ClN2O4/c1-31-21-13-12-17(25)14-16(21)15-20-22(28)26(18-8-4-2-5-9-18)24(30)27(23(20)29)19-10-6-3-7-11-19/h2-15H,1H3. The Morgan fingerprint density at radius 2 is 1.29 bits per heavy atom. The van der Waals surface area contributed by atoms with Crippen molar-refractivity contribution in [1.82, 2.24) is 0 Å². The second-order valence-corrected chi connectivity index (χ2v) is 7.12. The molecule has 0 saturated carbocycles. The lowest BCUT2D eigenvalue weighted by Gasteiger charge is -2.34. The maximum Gasteiger partial charge on any atom is 0.343 e. The SMILES string of the molecule is COc1ccc(Cl)cc1C=C1C(=O)N(c2ccccc2)C(=O)N(c2ccccc2)C1=O. The first-order chi connectivity index (χ1) is 15.0. The van der Waals surface area contributed by atoms with Crippen molar-refractivity contribution in [2.24, 2.45) is 0 Å². The summed E-state index contributed by atoms with van der Waals surface area (Å²) in [5, 5.41) is 0.416. The molecule has 1 aliphatic heterocycles. The number of rotatable bonds is 4. The van der Waals surface area contributed by atoms with E-state index in [4.69, 9.17) is 16.3 Å². The van der Waals surface area contributed by atoms with Gasteiger partial charge in [-0.3, -0.25) is 9.59 Å². The molecule has 0 aromatic heterocycles. The van der Waals surface area contributed by atoms with Crippen LogP contribution in [0.1, 0.15) is 5.56 Å². The summed E-state index contributed by atoms with van der Waals surface area (Å²) >= 11 is 6.11. The summed E-state index contributed by atoms with van der Waals surface area (Å²) in [7, 11) is 1.48. The van der Waals surface area contributed by atoms with Crippen LogP contribution in [0.4, 0.5) is 16.2 Å². The predicted molar refractivity (Wildman–Crippen MR) is 119 cm³/mol. The van der Waals surface area contributed by atoms with Gasteiger partial charge in [0.05, 0.1) is 18.5 Å². The van der Waals surface area contributed by atoms with Gasteiger partial charge in [0.25, 0.3) is 11.8 Å². The van der Waals surface area contributed by atoms with E-state index in [9.17, 15) is 14.4 Å². The van der Waals surface area contributed by atoms with E-state index in [2.05, 4.69) is 0 Å². The zero-order valence-electron chi connectivity index (χ0n) is 16.5. The zero-order valence-corrected chi connectivity index (χ0v) is 17.2. The van der Waals surface area contributed by atoms with Crippen molar-refractivity contribution in [2.45, 2.75) is 0 Å². The molecule has 3 aromatic rings. The van der Waals surface area contributed by atoms with E-state index in [1.54, 1.807) is 78.9 Å². The van der Waals surface area contributed by atoms with Gasteiger partial charge in [0.15, 0.2) is 0 Å². The Hall–Kier alpha value is -3.90. The Morgan fingerprint density at radius 1 is 0.774 bits per heavy atom. The fourth-order valence-electron chi connectivity index (χ4n) is 3.31. The first-order valence-corrected chi connectivity index (χ1v) is 9.77. The molecular formula is C24H17ClN2O4. The highest BCUT2D eigenvalue weighted by atomic mass is 35.5. The predicted octanol–water partition coefficient (Wildman–Crippen LogP) is 4.93. The molecule has 4 rings (SSSR count). The van der Waals surface area contributed by atoms with E-state index in [0.29, 0.717) is 27.7 Å². The molecule has 0 unspecified atom stereocenters. The number of methoxy groups -OCH3 is 1. The quantitative estimate of drug-likeness (QED) is 0.433. The van der Waals surface area contributed by atoms with Gasteiger partial charge in [-0.1, -0.05) is 48.0 Å². The summed E-state index contributed by atoms with van der Waals surface area (Å²) in [5.74, 6) is -1.02. The highest BCUT2D eigenvalue weighted by Crippen LogP contribution is 2.31. The highest BCUT2D eigenvalue weighted by Gasteiger charge is 2.43.